The number of esters is 1. The molecule has 0 saturated heterocycles. The minimum Gasteiger partial charge on any atom is -0.462 e. The molecule has 2 aromatic carbocycles. The number of nitrogens with one attached hydrogen (secondary N) is 2. The third-order valence-electron chi connectivity index (χ3n) is 5.10. The van der Waals surface area contributed by atoms with Crippen molar-refractivity contribution >= 4 is 40.3 Å². The molecule has 3 amide bonds. The molecule has 3 aromatic rings. The first kappa shape index (κ1) is 21.0. The third-order valence-corrected chi connectivity index (χ3v) is 5.10. The van der Waals surface area contributed by atoms with Crippen LogP contribution in [0.25, 0.3) is 10.9 Å². The quantitative estimate of drug-likeness (QED) is 0.454. The molecule has 9 heteroatoms. The number of carbonyl (C=O) groups is 4. The Morgan fingerprint density at radius 3 is 2.38 bits per heavy atom. The highest BCUT2D eigenvalue weighted by Gasteiger charge is 2.34. The summed E-state index contributed by atoms with van der Waals surface area (Å²) in [6, 6.07) is 11.2. The molecule has 0 bridgehead atoms. The standard InChI is InChI=1S/C23H19N3O6/c1-2-32-23(31)17-12-24-18-8-7-13(11-16(18)20(17)28)25-19(27)9-10-26-21(29)14-5-3-4-6-15(14)22(26)30/h3-8,11-12H,2,9-10H2,1H3,(H,24,28)(H,25,27). The molecule has 0 unspecified atom stereocenters. The Kier molecular flexibility index (Phi) is 5.55. The number of anilines is 1. The van der Waals surface area contributed by atoms with E-state index in [0.29, 0.717) is 22.3 Å². The molecule has 9 nitrogen and oxygen atoms in total. The van der Waals surface area contributed by atoms with Crippen molar-refractivity contribution in [3.8, 4) is 0 Å². The predicted molar refractivity (Wildman–Crippen MR) is 116 cm³/mol. The van der Waals surface area contributed by atoms with E-state index in [2.05, 4.69) is 10.3 Å². The molecule has 0 radical (unpaired) electrons. The van der Waals surface area contributed by atoms with Crippen LogP contribution in [0, 0.1) is 0 Å². The van der Waals surface area contributed by atoms with Gasteiger partial charge in [-0.05, 0) is 37.3 Å². The molecule has 2 heterocycles. The lowest BCUT2D eigenvalue weighted by atomic mass is 10.1. The van der Waals surface area contributed by atoms with E-state index >= 15 is 0 Å². The van der Waals surface area contributed by atoms with Crippen LogP contribution in [0.1, 0.15) is 44.4 Å². The number of ether oxygens (including phenoxy) is 1. The van der Waals surface area contributed by atoms with Gasteiger partial charge in [-0.1, -0.05) is 12.1 Å². The second-order valence-electron chi connectivity index (χ2n) is 7.12. The van der Waals surface area contributed by atoms with Gasteiger partial charge in [0.1, 0.15) is 5.56 Å². The average Bonchev–Trinajstić information content (AvgIpc) is 3.03. The number of H-pyrrole nitrogens is 1. The minimum absolute atomic E-state index is 0.0701. The van der Waals surface area contributed by atoms with Gasteiger partial charge in [-0.15, -0.1) is 0 Å². The molecule has 1 aliphatic rings. The smallest absolute Gasteiger partial charge is 0.343 e. The van der Waals surface area contributed by atoms with Crippen LogP contribution in [-0.4, -0.2) is 46.7 Å². The Bertz CT molecular complexity index is 1290. The summed E-state index contributed by atoms with van der Waals surface area (Å²) in [6.45, 7) is 1.71. The third kappa shape index (κ3) is 3.76. The zero-order chi connectivity index (χ0) is 22.8. The van der Waals surface area contributed by atoms with Crippen LogP contribution in [0.4, 0.5) is 5.69 Å². The maximum absolute atomic E-state index is 12.6. The van der Waals surface area contributed by atoms with Gasteiger partial charge in [0.25, 0.3) is 11.8 Å². The summed E-state index contributed by atoms with van der Waals surface area (Å²) in [5, 5.41) is 2.87. The van der Waals surface area contributed by atoms with Crippen LogP contribution in [0.3, 0.4) is 0 Å². The highest BCUT2D eigenvalue weighted by molar-refractivity contribution is 6.21. The number of hydrogen-bond acceptors (Lipinski definition) is 6. The van der Waals surface area contributed by atoms with Crippen molar-refractivity contribution in [3.05, 3.63) is 75.6 Å². The Labute approximate surface area is 182 Å². The number of imide groups is 1. The Balaban J connectivity index is 1.47. The first-order valence-corrected chi connectivity index (χ1v) is 9.98. The summed E-state index contributed by atoms with van der Waals surface area (Å²) in [4.78, 5) is 65.7. The van der Waals surface area contributed by atoms with Gasteiger partial charge >= 0.3 is 5.97 Å². The number of pyridine rings is 1. The monoisotopic (exact) mass is 433 g/mol. The molecule has 0 atom stereocenters. The van der Waals surface area contributed by atoms with Gasteiger partial charge in [-0.25, -0.2) is 4.79 Å². The number of carbonyl (C=O) groups excluding carboxylic acids is 4. The van der Waals surface area contributed by atoms with Gasteiger partial charge in [-0.2, -0.15) is 0 Å². The normalized spacial score (nSPS) is 12.7. The fourth-order valence-electron chi connectivity index (χ4n) is 3.54. The number of aromatic nitrogens is 1. The van der Waals surface area contributed by atoms with Gasteiger partial charge in [0.15, 0.2) is 0 Å². The topological polar surface area (TPSA) is 126 Å². The number of nitrogens with zero attached hydrogens (tertiary/aromatic N) is 1. The molecule has 1 aliphatic heterocycles. The predicted octanol–water partition coefficient (Wildman–Crippen LogP) is 2.33. The number of aromatic amines is 1. The molecule has 0 fully saturated rings. The van der Waals surface area contributed by atoms with E-state index in [1.807, 2.05) is 0 Å². The van der Waals surface area contributed by atoms with Crippen molar-refractivity contribution in [1.29, 1.82) is 0 Å². The molecular weight excluding hydrogens is 414 g/mol. The summed E-state index contributed by atoms with van der Waals surface area (Å²) >= 11 is 0. The fraction of sp³-hybridized carbons (Fsp3) is 0.174. The Morgan fingerprint density at radius 1 is 1.03 bits per heavy atom. The molecule has 0 spiro atoms. The number of rotatable bonds is 6. The SMILES string of the molecule is CCOC(=O)c1c[nH]c2ccc(NC(=O)CCN3C(=O)c4ccccc4C3=O)cc2c1=O. The van der Waals surface area contributed by atoms with E-state index in [-0.39, 0.29) is 30.5 Å². The second kappa shape index (κ2) is 8.46. The minimum atomic E-state index is -0.731. The number of fused-ring (bicyclic) bond motifs is 2. The lowest BCUT2D eigenvalue weighted by molar-refractivity contribution is -0.116. The van der Waals surface area contributed by atoms with Crippen LogP contribution >= 0.6 is 0 Å². The van der Waals surface area contributed by atoms with Crippen molar-refractivity contribution in [1.82, 2.24) is 9.88 Å². The van der Waals surface area contributed by atoms with Crippen molar-refractivity contribution in [2.45, 2.75) is 13.3 Å². The van der Waals surface area contributed by atoms with Crippen molar-refractivity contribution in [2.75, 3.05) is 18.5 Å². The molecule has 0 aliphatic carbocycles. The van der Waals surface area contributed by atoms with E-state index in [9.17, 15) is 24.0 Å². The molecule has 4 rings (SSSR count). The summed E-state index contributed by atoms with van der Waals surface area (Å²) < 4.78 is 4.89. The second-order valence-corrected chi connectivity index (χ2v) is 7.12. The van der Waals surface area contributed by atoms with Crippen molar-refractivity contribution in [2.24, 2.45) is 0 Å². The summed E-state index contributed by atoms with van der Waals surface area (Å²) in [5.41, 5.74) is 0.837. The lowest BCUT2D eigenvalue weighted by Crippen LogP contribution is -2.32. The maximum Gasteiger partial charge on any atom is 0.343 e. The number of amides is 3. The highest BCUT2D eigenvalue weighted by atomic mass is 16.5. The van der Waals surface area contributed by atoms with Crippen LogP contribution in [-0.2, 0) is 9.53 Å². The average molecular weight is 433 g/mol. The number of benzene rings is 2. The Morgan fingerprint density at radius 2 is 1.72 bits per heavy atom. The summed E-state index contributed by atoms with van der Waals surface area (Å²) in [6.07, 6.45) is 1.19. The highest BCUT2D eigenvalue weighted by Crippen LogP contribution is 2.22. The largest absolute Gasteiger partial charge is 0.462 e. The van der Waals surface area contributed by atoms with E-state index in [1.165, 1.54) is 12.3 Å². The zero-order valence-electron chi connectivity index (χ0n) is 17.1. The van der Waals surface area contributed by atoms with Crippen LogP contribution in [0.15, 0.2) is 53.5 Å². The molecule has 2 N–H and O–H groups in total. The van der Waals surface area contributed by atoms with Gasteiger partial charge in [0.2, 0.25) is 11.3 Å². The molecule has 162 valence electrons. The lowest BCUT2D eigenvalue weighted by Gasteiger charge is -2.13. The van der Waals surface area contributed by atoms with Crippen LogP contribution in [0.2, 0.25) is 0 Å². The van der Waals surface area contributed by atoms with Crippen molar-refractivity contribution < 1.29 is 23.9 Å². The van der Waals surface area contributed by atoms with Gasteiger partial charge in [0.05, 0.1) is 17.7 Å². The maximum atomic E-state index is 12.6. The van der Waals surface area contributed by atoms with Gasteiger partial charge in [-0.3, -0.25) is 24.1 Å². The molecular formula is C23H19N3O6. The van der Waals surface area contributed by atoms with E-state index in [0.717, 1.165) is 4.90 Å². The molecule has 0 saturated carbocycles. The van der Waals surface area contributed by atoms with Crippen LogP contribution < -0.4 is 10.7 Å². The summed E-state index contributed by atoms with van der Waals surface area (Å²) in [5.74, 6) is -2.02. The zero-order valence-corrected chi connectivity index (χ0v) is 17.1. The Hall–Kier alpha value is -4.27. The fourth-order valence-corrected chi connectivity index (χ4v) is 3.54. The van der Waals surface area contributed by atoms with E-state index in [4.69, 9.17) is 4.74 Å². The molecule has 32 heavy (non-hydrogen) atoms. The van der Waals surface area contributed by atoms with Crippen molar-refractivity contribution in [3.63, 3.8) is 0 Å². The van der Waals surface area contributed by atoms with Crippen LogP contribution in [0.5, 0.6) is 0 Å². The molecule has 1 aromatic heterocycles. The van der Waals surface area contributed by atoms with Gasteiger partial charge < -0.3 is 15.0 Å². The van der Waals surface area contributed by atoms with Gasteiger partial charge in [0, 0.05) is 35.8 Å². The first-order valence-electron chi connectivity index (χ1n) is 9.98. The summed E-state index contributed by atoms with van der Waals surface area (Å²) in [7, 11) is 0. The first-order chi connectivity index (χ1) is 15.4. The number of hydrogen-bond donors (Lipinski definition) is 2. The van der Waals surface area contributed by atoms with E-state index < -0.39 is 29.1 Å². The van der Waals surface area contributed by atoms with E-state index in [1.54, 1.807) is 43.3 Å².